The first-order chi connectivity index (χ1) is 14.0. The van der Waals surface area contributed by atoms with Gasteiger partial charge >= 0.3 is 5.97 Å². The third-order valence-electron chi connectivity index (χ3n) is 5.67. The third kappa shape index (κ3) is 4.99. The van der Waals surface area contributed by atoms with Crippen molar-refractivity contribution in [1.82, 2.24) is 0 Å². The molecule has 5 nitrogen and oxygen atoms in total. The number of hydrogen-bond donors (Lipinski definition) is 1. The fourth-order valence-electron chi connectivity index (χ4n) is 3.69. The molecule has 1 aromatic heterocycles. The molecule has 2 heterocycles. The van der Waals surface area contributed by atoms with E-state index < -0.39 is 13.3 Å². The second kappa shape index (κ2) is 8.86. The number of thiophene rings is 1. The fraction of sp³-hybridized carbons (Fsp3) is 0.522. The molecular formula is C23H32NO4PS. The minimum absolute atomic E-state index is 0.181. The van der Waals surface area contributed by atoms with Gasteiger partial charge in [-0.15, -0.1) is 11.3 Å². The van der Waals surface area contributed by atoms with Crippen LogP contribution >= 0.6 is 18.6 Å². The van der Waals surface area contributed by atoms with Gasteiger partial charge in [0, 0.05) is 36.6 Å². The molecule has 1 unspecified atom stereocenters. The number of nitrogens with zero attached hydrogens (tertiary/aromatic N) is 1. The average molecular weight is 450 g/mol. The molecule has 0 bridgehead atoms. The maximum Gasteiger partial charge on any atom is 0.348 e. The maximum absolute atomic E-state index is 14.2. The van der Waals surface area contributed by atoms with Crippen molar-refractivity contribution >= 4 is 35.6 Å². The third-order valence-corrected chi connectivity index (χ3v) is 9.76. The molecule has 1 aromatic carbocycles. The monoisotopic (exact) mass is 449 g/mol. The minimum atomic E-state index is -3.03. The Morgan fingerprint density at radius 3 is 2.37 bits per heavy atom. The highest BCUT2D eigenvalue weighted by molar-refractivity contribution is 7.72. The van der Waals surface area contributed by atoms with Gasteiger partial charge in [-0.1, -0.05) is 38.5 Å². The maximum atomic E-state index is 14.2. The molecule has 0 amide bonds. The Kier molecular flexibility index (Phi) is 6.81. The molecule has 1 aliphatic heterocycles. The second-order valence-electron chi connectivity index (χ2n) is 9.23. The lowest BCUT2D eigenvalue weighted by molar-refractivity contribution is 0.0685. The van der Waals surface area contributed by atoms with E-state index in [9.17, 15) is 14.5 Å². The van der Waals surface area contributed by atoms with Gasteiger partial charge in [-0.25, -0.2) is 4.79 Å². The number of carbonyl (C=O) groups is 1. The average Bonchev–Trinajstić information content (AvgIpc) is 3.13. The van der Waals surface area contributed by atoms with Crippen molar-refractivity contribution in [3.63, 3.8) is 0 Å². The van der Waals surface area contributed by atoms with Crippen molar-refractivity contribution in [1.29, 1.82) is 0 Å². The Labute approximate surface area is 183 Å². The number of aryl methyl sites for hydroxylation is 1. The van der Waals surface area contributed by atoms with E-state index in [1.165, 1.54) is 11.3 Å². The van der Waals surface area contributed by atoms with Crippen molar-refractivity contribution < 1.29 is 19.2 Å². The standard InChI is InChI=1S/C23H32NO4PS/c1-16-6-8-18(9-7-16)29(5,27)24(15-17-10-12-28-13-11-17)19-14-20(23(2,3)4)30-21(19)22(25)26/h6-9,14,17H,10-13,15H2,1-5H3,(H,25,26). The number of anilines is 1. The molecule has 0 saturated carbocycles. The summed E-state index contributed by atoms with van der Waals surface area (Å²) in [5, 5.41) is 10.7. The van der Waals surface area contributed by atoms with E-state index in [2.05, 4.69) is 20.8 Å². The van der Waals surface area contributed by atoms with Gasteiger partial charge in [0.2, 0.25) is 0 Å². The molecule has 30 heavy (non-hydrogen) atoms. The molecular weight excluding hydrogens is 417 g/mol. The van der Waals surface area contributed by atoms with E-state index in [4.69, 9.17) is 4.74 Å². The zero-order valence-electron chi connectivity index (χ0n) is 18.5. The largest absolute Gasteiger partial charge is 0.477 e. The summed E-state index contributed by atoms with van der Waals surface area (Å²) < 4.78 is 21.6. The number of carboxylic acid groups (broad SMARTS) is 1. The smallest absolute Gasteiger partial charge is 0.348 e. The first kappa shape index (κ1) is 23.1. The molecule has 1 aliphatic rings. The normalized spacial score (nSPS) is 17.5. The van der Waals surface area contributed by atoms with Crippen LogP contribution in [0.1, 0.15) is 53.7 Å². The van der Waals surface area contributed by atoms with E-state index >= 15 is 0 Å². The van der Waals surface area contributed by atoms with Crippen LogP contribution < -0.4 is 9.97 Å². The molecule has 0 aliphatic carbocycles. The molecule has 7 heteroatoms. The molecule has 2 aromatic rings. The predicted octanol–water partition coefficient (Wildman–Crippen LogP) is 5.52. The topological polar surface area (TPSA) is 66.8 Å². The van der Waals surface area contributed by atoms with Crippen LogP contribution in [0, 0.1) is 12.8 Å². The van der Waals surface area contributed by atoms with Gasteiger partial charge in [-0.2, -0.15) is 0 Å². The lowest BCUT2D eigenvalue weighted by Gasteiger charge is -2.35. The lowest BCUT2D eigenvalue weighted by Crippen LogP contribution is -2.33. The van der Waals surface area contributed by atoms with E-state index in [-0.39, 0.29) is 10.3 Å². The molecule has 0 spiro atoms. The van der Waals surface area contributed by atoms with Crippen LogP contribution in [0.3, 0.4) is 0 Å². The van der Waals surface area contributed by atoms with E-state index in [1.54, 1.807) is 6.66 Å². The van der Waals surface area contributed by atoms with Crippen LogP contribution in [0.15, 0.2) is 30.3 Å². The highest BCUT2D eigenvalue weighted by Gasteiger charge is 2.35. The number of hydrogen-bond acceptors (Lipinski definition) is 4. The number of rotatable bonds is 6. The van der Waals surface area contributed by atoms with Gasteiger partial charge in [-0.3, -0.25) is 4.57 Å². The zero-order valence-corrected chi connectivity index (χ0v) is 20.2. The minimum Gasteiger partial charge on any atom is -0.477 e. The summed E-state index contributed by atoms with van der Waals surface area (Å²) in [4.78, 5) is 13.4. The van der Waals surface area contributed by atoms with Crippen LogP contribution in [0.2, 0.25) is 0 Å². The van der Waals surface area contributed by atoms with Crippen LogP contribution in [0.25, 0.3) is 0 Å². The number of aromatic carboxylic acids is 1. The predicted molar refractivity (Wildman–Crippen MR) is 125 cm³/mol. The van der Waals surface area contributed by atoms with Crippen LogP contribution in [-0.4, -0.2) is 37.5 Å². The van der Waals surface area contributed by atoms with Gasteiger partial charge in [-0.05, 0) is 49.3 Å². The fourth-order valence-corrected chi connectivity index (χ4v) is 6.91. The summed E-state index contributed by atoms with van der Waals surface area (Å²) in [7, 11) is -3.03. The molecule has 1 fully saturated rings. The zero-order chi connectivity index (χ0) is 22.1. The Morgan fingerprint density at radius 1 is 1.23 bits per heavy atom. The van der Waals surface area contributed by atoms with Crippen molar-refractivity contribution in [2.45, 2.75) is 46.0 Å². The van der Waals surface area contributed by atoms with Crippen molar-refractivity contribution in [3.8, 4) is 0 Å². The molecule has 3 rings (SSSR count). The van der Waals surface area contributed by atoms with Crippen LogP contribution in [0.5, 0.6) is 0 Å². The summed E-state index contributed by atoms with van der Waals surface area (Å²) in [5.41, 5.74) is 1.50. The van der Waals surface area contributed by atoms with Gasteiger partial charge in [0.1, 0.15) is 4.88 Å². The highest BCUT2D eigenvalue weighted by Crippen LogP contribution is 2.52. The van der Waals surface area contributed by atoms with E-state index in [0.717, 1.165) is 28.6 Å². The van der Waals surface area contributed by atoms with Crippen molar-refractivity contribution in [3.05, 3.63) is 45.6 Å². The number of ether oxygens (including phenoxy) is 1. The van der Waals surface area contributed by atoms with Crippen molar-refractivity contribution in [2.75, 3.05) is 31.1 Å². The first-order valence-electron chi connectivity index (χ1n) is 10.4. The summed E-state index contributed by atoms with van der Waals surface area (Å²) in [5.74, 6) is -0.650. The highest BCUT2D eigenvalue weighted by atomic mass is 32.1. The molecule has 1 N–H and O–H groups in total. The Morgan fingerprint density at radius 2 is 1.83 bits per heavy atom. The molecule has 1 saturated heterocycles. The van der Waals surface area contributed by atoms with Gasteiger partial charge in [0.05, 0.1) is 5.69 Å². The summed E-state index contributed by atoms with van der Waals surface area (Å²) in [6.07, 6.45) is 1.78. The van der Waals surface area contributed by atoms with Gasteiger partial charge < -0.3 is 14.5 Å². The van der Waals surface area contributed by atoms with E-state index in [1.807, 2.05) is 41.9 Å². The first-order valence-corrected chi connectivity index (χ1v) is 13.3. The van der Waals surface area contributed by atoms with Crippen LogP contribution in [-0.2, 0) is 14.7 Å². The Hall–Kier alpha value is -1.62. The molecule has 0 radical (unpaired) electrons. The van der Waals surface area contributed by atoms with Gasteiger partial charge in [0.25, 0.3) is 0 Å². The lowest BCUT2D eigenvalue weighted by atomic mass is 9.94. The Balaban J connectivity index is 2.12. The summed E-state index contributed by atoms with van der Waals surface area (Å²) in [6.45, 7) is 11.9. The summed E-state index contributed by atoms with van der Waals surface area (Å²) >= 11 is 1.29. The van der Waals surface area contributed by atoms with Gasteiger partial charge in [0.15, 0.2) is 7.29 Å². The second-order valence-corrected chi connectivity index (χ2v) is 13.0. The number of benzene rings is 1. The van der Waals surface area contributed by atoms with E-state index in [0.29, 0.717) is 31.4 Å². The van der Waals surface area contributed by atoms with Crippen molar-refractivity contribution in [2.24, 2.45) is 5.92 Å². The number of carboxylic acids is 1. The quantitative estimate of drug-likeness (QED) is 0.589. The summed E-state index contributed by atoms with van der Waals surface area (Å²) in [6, 6.07) is 9.68. The SMILES string of the molecule is Cc1ccc(P(C)(=O)N(CC2CCOCC2)c2cc(C(C)(C)C)sc2C(=O)O)cc1. The molecule has 164 valence electrons. The van der Waals surface area contributed by atoms with Crippen LogP contribution in [0.4, 0.5) is 5.69 Å². The molecule has 1 atom stereocenters. The Bertz CT molecular complexity index is 939.